The SMILES string of the molecule is C=CCn1c(SCC(=O)c2cc(C)n(CCCOC)c2C)nc2sc(C)c(C)c2c1=O. The molecule has 0 aliphatic carbocycles. The Bertz CT molecular complexity index is 1190. The molecule has 166 valence electrons. The van der Waals surface area contributed by atoms with Crippen LogP contribution in [0.1, 0.15) is 38.6 Å². The van der Waals surface area contributed by atoms with Crippen molar-refractivity contribution < 1.29 is 9.53 Å². The quantitative estimate of drug-likeness (QED) is 0.145. The van der Waals surface area contributed by atoms with Crippen molar-refractivity contribution in [3.05, 3.63) is 56.5 Å². The summed E-state index contributed by atoms with van der Waals surface area (Å²) >= 11 is 2.83. The van der Waals surface area contributed by atoms with Crippen LogP contribution < -0.4 is 5.56 Å². The van der Waals surface area contributed by atoms with Gasteiger partial charge in [-0.25, -0.2) is 4.98 Å². The summed E-state index contributed by atoms with van der Waals surface area (Å²) in [5.41, 5.74) is 3.66. The van der Waals surface area contributed by atoms with Crippen LogP contribution in [0.25, 0.3) is 10.2 Å². The third kappa shape index (κ3) is 4.71. The highest BCUT2D eigenvalue weighted by Crippen LogP contribution is 2.29. The van der Waals surface area contributed by atoms with Crippen molar-refractivity contribution in [1.82, 2.24) is 14.1 Å². The summed E-state index contributed by atoms with van der Waals surface area (Å²) in [4.78, 5) is 32.6. The van der Waals surface area contributed by atoms with Gasteiger partial charge in [0.05, 0.1) is 11.1 Å². The number of hydrogen-bond acceptors (Lipinski definition) is 6. The molecule has 0 unspecified atom stereocenters. The lowest BCUT2D eigenvalue weighted by molar-refractivity contribution is 0.102. The second-order valence-electron chi connectivity index (χ2n) is 7.56. The van der Waals surface area contributed by atoms with E-state index in [2.05, 4.69) is 11.1 Å². The van der Waals surface area contributed by atoms with Gasteiger partial charge in [-0.1, -0.05) is 17.8 Å². The molecule has 8 heteroatoms. The number of carbonyl (C=O) groups is 1. The molecule has 31 heavy (non-hydrogen) atoms. The monoisotopic (exact) mass is 459 g/mol. The predicted molar refractivity (Wildman–Crippen MR) is 129 cm³/mol. The van der Waals surface area contributed by atoms with Crippen LogP contribution in [0.2, 0.25) is 0 Å². The number of thioether (sulfide) groups is 1. The highest BCUT2D eigenvalue weighted by atomic mass is 32.2. The molecule has 3 heterocycles. The zero-order valence-electron chi connectivity index (χ0n) is 18.8. The lowest BCUT2D eigenvalue weighted by atomic mass is 10.2. The maximum Gasteiger partial charge on any atom is 0.263 e. The Labute approximate surface area is 190 Å². The maximum absolute atomic E-state index is 13.1. The number of nitrogens with zero attached hydrogens (tertiary/aromatic N) is 3. The molecule has 0 radical (unpaired) electrons. The minimum Gasteiger partial charge on any atom is -0.385 e. The summed E-state index contributed by atoms with van der Waals surface area (Å²) < 4.78 is 8.91. The lowest BCUT2D eigenvalue weighted by Crippen LogP contribution is -2.23. The van der Waals surface area contributed by atoms with E-state index in [0.29, 0.717) is 23.7 Å². The van der Waals surface area contributed by atoms with Crippen LogP contribution in [0, 0.1) is 27.7 Å². The molecule has 0 aliphatic heterocycles. The van der Waals surface area contributed by atoms with Crippen LogP contribution in [0.15, 0.2) is 28.7 Å². The Morgan fingerprint density at radius 3 is 2.71 bits per heavy atom. The largest absolute Gasteiger partial charge is 0.385 e. The number of rotatable bonds is 10. The fourth-order valence-electron chi connectivity index (χ4n) is 3.71. The van der Waals surface area contributed by atoms with Gasteiger partial charge in [-0.3, -0.25) is 14.2 Å². The minimum absolute atomic E-state index is 0.0362. The van der Waals surface area contributed by atoms with Crippen molar-refractivity contribution in [3.63, 3.8) is 0 Å². The number of aryl methyl sites for hydroxylation is 3. The molecule has 6 nitrogen and oxygen atoms in total. The van der Waals surface area contributed by atoms with Crippen LogP contribution in [-0.4, -0.2) is 39.4 Å². The first-order chi connectivity index (χ1) is 14.8. The summed E-state index contributed by atoms with van der Waals surface area (Å²) in [7, 11) is 1.69. The van der Waals surface area contributed by atoms with E-state index in [1.165, 1.54) is 23.1 Å². The van der Waals surface area contributed by atoms with Crippen LogP contribution in [0.3, 0.4) is 0 Å². The molecule has 0 atom stereocenters. The molecule has 0 spiro atoms. The highest BCUT2D eigenvalue weighted by Gasteiger charge is 2.19. The van der Waals surface area contributed by atoms with Crippen molar-refractivity contribution in [2.45, 2.75) is 52.4 Å². The van der Waals surface area contributed by atoms with Gasteiger partial charge in [0.15, 0.2) is 10.9 Å². The van der Waals surface area contributed by atoms with Gasteiger partial charge in [0, 0.05) is 48.6 Å². The number of ether oxygens (including phenoxy) is 1. The zero-order chi connectivity index (χ0) is 22.7. The average molecular weight is 460 g/mol. The summed E-state index contributed by atoms with van der Waals surface area (Å²) in [5.74, 6) is 0.259. The van der Waals surface area contributed by atoms with Crippen LogP contribution >= 0.6 is 23.1 Å². The number of allylic oxidation sites excluding steroid dienone is 1. The summed E-state index contributed by atoms with van der Waals surface area (Å²) in [6.45, 7) is 13.6. The molecule has 3 rings (SSSR count). The maximum atomic E-state index is 13.1. The van der Waals surface area contributed by atoms with Gasteiger partial charge in [0.1, 0.15) is 4.83 Å². The van der Waals surface area contributed by atoms with Crippen molar-refractivity contribution in [2.75, 3.05) is 19.5 Å². The lowest BCUT2D eigenvalue weighted by Gasteiger charge is -2.11. The molecule has 0 amide bonds. The molecule has 0 bridgehead atoms. The van der Waals surface area contributed by atoms with Crippen molar-refractivity contribution >= 4 is 39.1 Å². The third-order valence-corrected chi connectivity index (χ3v) is 7.58. The fourth-order valence-corrected chi connectivity index (χ4v) is 5.67. The van der Waals surface area contributed by atoms with E-state index in [4.69, 9.17) is 9.72 Å². The number of ketones is 1. The fraction of sp³-hybridized carbons (Fsp3) is 0.435. The summed E-state index contributed by atoms with van der Waals surface area (Å²) in [6, 6.07) is 1.95. The third-order valence-electron chi connectivity index (χ3n) is 5.50. The Morgan fingerprint density at radius 2 is 2.03 bits per heavy atom. The second-order valence-corrected chi connectivity index (χ2v) is 9.70. The van der Waals surface area contributed by atoms with Gasteiger partial charge in [0.2, 0.25) is 0 Å². The van der Waals surface area contributed by atoms with E-state index in [1.807, 2.05) is 33.8 Å². The van der Waals surface area contributed by atoms with Crippen LogP contribution in [0.4, 0.5) is 0 Å². The van der Waals surface area contributed by atoms with E-state index < -0.39 is 0 Å². The minimum atomic E-state index is -0.0713. The van der Waals surface area contributed by atoms with Crippen molar-refractivity contribution in [3.8, 4) is 0 Å². The molecule has 3 aromatic rings. The van der Waals surface area contributed by atoms with E-state index >= 15 is 0 Å². The first-order valence-electron chi connectivity index (χ1n) is 10.2. The van der Waals surface area contributed by atoms with E-state index in [9.17, 15) is 9.59 Å². The van der Waals surface area contributed by atoms with Gasteiger partial charge in [0.25, 0.3) is 5.56 Å². The Morgan fingerprint density at radius 1 is 1.29 bits per heavy atom. The predicted octanol–water partition coefficient (Wildman–Crippen LogP) is 4.69. The molecular formula is C23H29N3O3S2. The molecule has 0 fully saturated rings. The topological polar surface area (TPSA) is 66.1 Å². The number of carbonyl (C=O) groups excluding carboxylic acids is 1. The first kappa shape index (κ1) is 23.5. The van der Waals surface area contributed by atoms with E-state index in [-0.39, 0.29) is 17.1 Å². The number of thiophene rings is 1. The number of aromatic nitrogens is 3. The van der Waals surface area contributed by atoms with Gasteiger partial charge in [-0.15, -0.1) is 17.9 Å². The molecule has 0 N–H and O–H groups in total. The van der Waals surface area contributed by atoms with Crippen molar-refractivity contribution in [1.29, 1.82) is 0 Å². The first-order valence-corrected chi connectivity index (χ1v) is 12.0. The molecule has 0 saturated heterocycles. The normalized spacial score (nSPS) is 11.4. The highest BCUT2D eigenvalue weighted by molar-refractivity contribution is 7.99. The van der Waals surface area contributed by atoms with Gasteiger partial charge >= 0.3 is 0 Å². The summed E-state index contributed by atoms with van der Waals surface area (Å²) in [5, 5.41) is 1.22. The number of fused-ring (bicyclic) bond motifs is 1. The zero-order valence-corrected chi connectivity index (χ0v) is 20.4. The number of hydrogen-bond donors (Lipinski definition) is 0. The molecular weight excluding hydrogens is 430 g/mol. The number of Topliss-reactive ketones (excluding diaryl/α,β-unsaturated/α-hetero) is 1. The molecule has 0 aliphatic rings. The second kappa shape index (κ2) is 9.97. The molecule has 0 saturated carbocycles. The Hall–Kier alpha value is -2.16. The van der Waals surface area contributed by atoms with E-state index in [0.717, 1.165) is 45.2 Å². The van der Waals surface area contributed by atoms with Gasteiger partial charge in [-0.05, 0) is 45.7 Å². The Kier molecular flexibility index (Phi) is 7.56. The van der Waals surface area contributed by atoms with Crippen LogP contribution in [0.5, 0.6) is 0 Å². The smallest absolute Gasteiger partial charge is 0.263 e. The van der Waals surface area contributed by atoms with Gasteiger partial charge in [-0.2, -0.15) is 0 Å². The number of methoxy groups -OCH3 is 1. The van der Waals surface area contributed by atoms with Crippen LogP contribution in [-0.2, 0) is 17.8 Å². The Balaban J connectivity index is 1.86. The standard InChI is InChI=1S/C23H29N3O3S2/c1-7-9-26-22(28)20-15(3)17(5)31-21(20)24-23(26)30-13-19(27)18-12-14(2)25(16(18)4)10-8-11-29-6/h7,12H,1,8-11,13H2,2-6H3. The van der Waals surface area contributed by atoms with Gasteiger partial charge < -0.3 is 9.30 Å². The molecule has 0 aromatic carbocycles. The molecule has 3 aromatic heterocycles. The van der Waals surface area contributed by atoms with E-state index in [1.54, 1.807) is 17.8 Å². The average Bonchev–Trinajstić information content (AvgIpc) is 3.18. The summed E-state index contributed by atoms with van der Waals surface area (Å²) in [6.07, 6.45) is 2.58. The van der Waals surface area contributed by atoms with Crippen molar-refractivity contribution in [2.24, 2.45) is 0 Å².